The maximum absolute atomic E-state index is 12.9. The molecule has 1 unspecified atom stereocenters. The van der Waals surface area contributed by atoms with Crippen molar-refractivity contribution in [2.75, 3.05) is 23.3 Å². The first kappa shape index (κ1) is 21.4. The molecule has 1 aromatic heterocycles. The second-order valence-electron chi connectivity index (χ2n) is 8.07. The first-order valence-electron chi connectivity index (χ1n) is 10.8. The number of amides is 1. The van der Waals surface area contributed by atoms with E-state index in [0.29, 0.717) is 0 Å². The highest BCUT2D eigenvalue weighted by Crippen LogP contribution is 2.31. The minimum Gasteiger partial charge on any atom is -0.341 e. The Morgan fingerprint density at radius 1 is 1.03 bits per heavy atom. The summed E-state index contributed by atoms with van der Waals surface area (Å²) in [7, 11) is 0. The highest BCUT2D eigenvalue weighted by Gasteiger charge is 2.24. The molecule has 4 rings (SSSR count). The van der Waals surface area contributed by atoms with Crippen molar-refractivity contribution in [3.8, 4) is 5.69 Å². The van der Waals surface area contributed by atoms with E-state index in [1.165, 1.54) is 36.6 Å². The summed E-state index contributed by atoms with van der Waals surface area (Å²) in [6, 6.07) is 16.2. The molecule has 2 heterocycles. The molecule has 1 N–H and O–H groups in total. The Hall–Kier alpha value is -2.80. The molecular formula is C24H29N5OS. The van der Waals surface area contributed by atoms with Gasteiger partial charge < -0.3 is 10.2 Å². The van der Waals surface area contributed by atoms with Crippen molar-refractivity contribution < 1.29 is 4.79 Å². The number of anilines is 2. The van der Waals surface area contributed by atoms with E-state index in [0.717, 1.165) is 41.1 Å². The lowest BCUT2D eigenvalue weighted by Gasteiger charge is -2.28. The van der Waals surface area contributed by atoms with Gasteiger partial charge in [0.25, 0.3) is 0 Å². The van der Waals surface area contributed by atoms with Gasteiger partial charge in [-0.3, -0.25) is 9.36 Å². The van der Waals surface area contributed by atoms with Gasteiger partial charge in [0.1, 0.15) is 0 Å². The van der Waals surface area contributed by atoms with Gasteiger partial charge in [-0.15, -0.1) is 10.2 Å². The van der Waals surface area contributed by atoms with Crippen LogP contribution in [0.25, 0.3) is 5.69 Å². The van der Waals surface area contributed by atoms with Crippen LogP contribution in [0, 0.1) is 13.8 Å². The molecule has 0 saturated carbocycles. The van der Waals surface area contributed by atoms with Crippen molar-refractivity contribution >= 4 is 29.3 Å². The van der Waals surface area contributed by atoms with Gasteiger partial charge in [0, 0.05) is 18.8 Å². The summed E-state index contributed by atoms with van der Waals surface area (Å²) in [6.45, 7) is 7.94. The van der Waals surface area contributed by atoms with E-state index in [4.69, 9.17) is 0 Å². The van der Waals surface area contributed by atoms with E-state index in [2.05, 4.69) is 43.2 Å². The summed E-state index contributed by atoms with van der Waals surface area (Å²) in [6.07, 6.45) is 3.59. The number of hydrogen-bond donors (Lipinski definition) is 1. The van der Waals surface area contributed by atoms with Gasteiger partial charge in [0.2, 0.25) is 11.9 Å². The number of thioether (sulfide) groups is 1. The molecule has 0 aliphatic carbocycles. The summed E-state index contributed by atoms with van der Waals surface area (Å²) < 4.78 is 2.08. The largest absolute Gasteiger partial charge is 0.341 e. The smallest absolute Gasteiger partial charge is 0.237 e. The third-order valence-corrected chi connectivity index (χ3v) is 6.60. The maximum Gasteiger partial charge on any atom is 0.237 e. The molecule has 2 aromatic carbocycles. The van der Waals surface area contributed by atoms with E-state index in [9.17, 15) is 4.79 Å². The number of carbonyl (C=O) groups excluding carboxylic acids is 1. The fraction of sp³-hybridized carbons (Fsp3) is 0.375. The second-order valence-corrected chi connectivity index (χ2v) is 9.38. The molecule has 3 aromatic rings. The molecule has 1 saturated heterocycles. The van der Waals surface area contributed by atoms with Crippen LogP contribution in [-0.2, 0) is 4.79 Å². The standard InChI is InChI=1S/C24H29N5OS/c1-17-12-13-21(18(2)16-17)25-22(30)19(3)31-24-27-26-23(28-14-8-5-9-15-28)29(24)20-10-6-4-7-11-20/h4,6-7,10-13,16,19H,5,8-9,14-15H2,1-3H3,(H,25,30). The first-order valence-corrected chi connectivity index (χ1v) is 11.7. The van der Waals surface area contributed by atoms with Gasteiger partial charge in [-0.25, -0.2) is 0 Å². The second kappa shape index (κ2) is 9.56. The van der Waals surface area contributed by atoms with Gasteiger partial charge in [-0.05, 0) is 63.8 Å². The molecule has 0 bridgehead atoms. The highest BCUT2D eigenvalue weighted by atomic mass is 32.2. The molecule has 7 heteroatoms. The monoisotopic (exact) mass is 435 g/mol. The number of nitrogens with one attached hydrogen (secondary N) is 1. The van der Waals surface area contributed by atoms with E-state index in [1.54, 1.807) is 0 Å². The van der Waals surface area contributed by atoms with Crippen LogP contribution in [0.4, 0.5) is 11.6 Å². The van der Waals surface area contributed by atoms with E-state index >= 15 is 0 Å². The van der Waals surface area contributed by atoms with Crippen LogP contribution in [0.2, 0.25) is 0 Å². The van der Waals surface area contributed by atoms with Crippen molar-refractivity contribution in [2.24, 2.45) is 0 Å². The van der Waals surface area contributed by atoms with Gasteiger partial charge in [0.05, 0.1) is 10.9 Å². The lowest BCUT2D eigenvalue weighted by molar-refractivity contribution is -0.115. The topological polar surface area (TPSA) is 63.1 Å². The number of aromatic nitrogens is 3. The normalized spacial score (nSPS) is 15.0. The molecule has 1 atom stereocenters. The minimum atomic E-state index is -0.318. The summed E-state index contributed by atoms with van der Waals surface area (Å²) >= 11 is 1.44. The average molecular weight is 436 g/mol. The molecule has 1 aliphatic heterocycles. The van der Waals surface area contributed by atoms with Crippen molar-refractivity contribution in [2.45, 2.75) is 50.4 Å². The number of para-hydroxylation sites is 1. The maximum atomic E-state index is 12.9. The molecule has 31 heavy (non-hydrogen) atoms. The quantitative estimate of drug-likeness (QED) is 0.553. The third kappa shape index (κ3) is 4.93. The Labute approximate surface area is 188 Å². The van der Waals surface area contributed by atoms with Gasteiger partial charge >= 0.3 is 0 Å². The van der Waals surface area contributed by atoms with Crippen molar-refractivity contribution in [1.82, 2.24) is 14.8 Å². The van der Waals surface area contributed by atoms with E-state index < -0.39 is 0 Å². The molecule has 6 nitrogen and oxygen atoms in total. The summed E-state index contributed by atoms with van der Waals surface area (Å²) in [5.74, 6) is 0.814. The highest BCUT2D eigenvalue weighted by molar-refractivity contribution is 8.00. The Bertz CT molecular complexity index is 1040. The zero-order valence-corrected chi connectivity index (χ0v) is 19.2. The average Bonchev–Trinajstić information content (AvgIpc) is 3.20. The Kier molecular flexibility index (Phi) is 6.61. The van der Waals surface area contributed by atoms with Crippen LogP contribution in [0.1, 0.15) is 37.3 Å². The van der Waals surface area contributed by atoms with Crippen molar-refractivity contribution in [3.05, 3.63) is 59.7 Å². The SMILES string of the molecule is Cc1ccc(NC(=O)C(C)Sc2nnc(N3CCCCC3)n2-c2ccccc2)c(C)c1. The van der Waals surface area contributed by atoms with Crippen molar-refractivity contribution in [1.29, 1.82) is 0 Å². The Morgan fingerprint density at radius 2 is 1.77 bits per heavy atom. The van der Waals surface area contributed by atoms with Crippen LogP contribution >= 0.6 is 11.8 Å². The van der Waals surface area contributed by atoms with E-state index in [-0.39, 0.29) is 11.2 Å². The minimum absolute atomic E-state index is 0.0425. The van der Waals surface area contributed by atoms with Crippen LogP contribution in [0.15, 0.2) is 53.7 Å². The molecule has 0 radical (unpaired) electrons. The summed E-state index contributed by atoms with van der Waals surface area (Å²) in [4.78, 5) is 15.2. The van der Waals surface area contributed by atoms with Crippen LogP contribution in [0.5, 0.6) is 0 Å². The van der Waals surface area contributed by atoms with Crippen LogP contribution in [0.3, 0.4) is 0 Å². The molecular weight excluding hydrogens is 406 g/mol. The zero-order valence-electron chi connectivity index (χ0n) is 18.3. The van der Waals surface area contributed by atoms with Gasteiger partial charge in [-0.1, -0.05) is 47.7 Å². The first-order chi connectivity index (χ1) is 15.0. The predicted octanol–water partition coefficient (Wildman–Crippen LogP) is 4.99. The molecule has 1 fully saturated rings. The van der Waals surface area contributed by atoms with E-state index in [1.807, 2.05) is 51.1 Å². The summed E-state index contributed by atoms with van der Waals surface area (Å²) in [5, 5.41) is 12.5. The summed E-state index contributed by atoms with van der Waals surface area (Å²) in [5.41, 5.74) is 4.10. The predicted molar refractivity (Wildman–Crippen MR) is 127 cm³/mol. The van der Waals surface area contributed by atoms with Crippen molar-refractivity contribution in [3.63, 3.8) is 0 Å². The molecule has 0 spiro atoms. The number of rotatable bonds is 6. The van der Waals surface area contributed by atoms with Gasteiger partial charge in [-0.2, -0.15) is 0 Å². The third-order valence-electron chi connectivity index (χ3n) is 5.56. The fourth-order valence-electron chi connectivity index (χ4n) is 3.84. The lowest BCUT2D eigenvalue weighted by Crippen LogP contribution is -2.31. The van der Waals surface area contributed by atoms with Crippen LogP contribution < -0.4 is 10.2 Å². The Balaban J connectivity index is 1.57. The number of piperidine rings is 1. The number of nitrogens with zero attached hydrogens (tertiary/aromatic N) is 4. The number of hydrogen-bond acceptors (Lipinski definition) is 5. The molecule has 1 aliphatic rings. The molecule has 1 amide bonds. The lowest BCUT2D eigenvalue weighted by atomic mass is 10.1. The zero-order chi connectivity index (χ0) is 21.8. The number of benzene rings is 2. The number of aryl methyl sites for hydroxylation is 2. The molecule has 162 valence electrons. The van der Waals surface area contributed by atoms with Gasteiger partial charge in [0.15, 0.2) is 5.16 Å². The fourth-order valence-corrected chi connectivity index (χ4v) is 4.70. The Morgan fingerprint density at radius 3 is 2.48 bits per heavy atom. The number of carbonyl (C=O) groups is 1. The van der Waals surface area contributed by atoms with Crippen LogP contribution in [-0.4, -0.2) is 39.0 Å².